The van der Waals surface area contributed by atoms with E-state index < -0.39 is 9.84 Å². The van der Waals surface area contributed by atoms with E-state index in [1.54, 1.807) is 42.7 Å². The second-order valence-corrected chi connectivity index (χ2v) is 6.79. The highest BCUT2D eigenvalue weighted by Crippen LogP contribution is 2.22. The van der Waals surface area contributed by atoms with Crippen LogP contribution in [0.3, 0.4) is 0 Å². The summed E-state index contributed by atoms with van der Waals surface area (Å²) < 4.78 is 25.0. The highest BCUT2D eigenvalue weighted by Gasteiger charge is 2.17. The van der Waals surface area contributed by atoms with E-state index in [1.807, 2.05) is 6.07 Å². The summed E-state index contributed by atoms with van der Waals surface area (Å²) >= 11 is 3.27. The van der Waals surface area contributed by atoms with Gasteiger partial charge in [0.25, 0.3) is 0 Å². The lowest BCUT2D eigenvalue weighted by molar-refractivity contribution is 0.595. The number of pyridine rings is 1. The maximum Gasteiger partial charge on any atom is 0.179 e. The molecule has 18 heavy (non-hydrogen) atoms. The number of sulfone groups is 1. The zero-order valence-corrected chi connectivity index (χ0v) is 12.0. The average molecular weight is 326 g/mol. The second-order valence-electron chi connectivity index (χ2n) is 3.86. The molecule has 0 saturated heterocycles. The number of halogens is 1. The van der Waals surface area contributed by atoms with E-state index >= 15 is 0 Å². The summed E-state index contributed by atoms with van der Waals surface area (Å²) in [5.74, 6) is 0.0846. The Kier molecular flexibility index (Phi) is 4.14. The summed E-state index contributed by atoms with van der Waals surface area (Å²) in [6, 6.07) is 10.6. The predicted octanol–water partition coefficient (Wildman–Crippen LogP) is 2.86. The van der Waals surface area contributed by atoms with Gasteiger partial charge in [0.05, 0.1) is 10.6 Å². The van der Waals surface area contributed by atoms with Crippen molar-refractivity contribution in [2.24, 2.45) is 0 Å². The molecular weight excluding hydrogens is 314 g/mol. The minimum Gasteiger partial charge on any atom is -0.264 e. The lowest BCUT2D eigenvalue weighted by atomic mass is 10.2. The highest BCUT2D eigenvalue weighted by atomic mass is 79.9. The molecule has 0 saturated carbocycles. The molecule has 3 nitrogen and oxygen atoms in total. The average Bonchev–Trinajstić information content (AvgIpc) is 2.38. The molecule has 94 valence electrons. The SMILES string of the molecule is O=S(=O)(CCc1cccnc1)c1ccccc1Br. The Hall–Kier alpha value is -1.20. The predicted molar refractivity (Wildman–Crippen MR) is 74.1 cm³/mol. The van der Waals surface area contributed by atoms with Gasteiger partial charge in [-0.2, -0.15) is 0 Å². The molecule has 0 unspecified atom stereocenters. The number of aromatic nitrogens is 1. The van der Waals surface area contributed by atoms with Crippen molar-refractivity contribution in [3.63, 3.8) is 0 Å². The first-order chi connectivity index (χ1) is 8.59. The van der Waals surface area contributed by atoms with E-state index in [9.17, 15) is 8.42 Å². The highest BCUT2D eigenvalue weighted by molar-refractivity contribution is 9.10. The normalized spacial score (nSPS) is 11.4. The molecule has 0 atom stereocenters. The fourth-order valence-corrected chi connectivity index (χ4v) is 4.01. The third kappa shape index (κ3) is 3.17. The summed E-state index contributed by atoms with van der Waals surface area (Å²) in [6.45, 7) is 0. The van der Waals surface area contributed by atoms with Crippen LogP contribution in [0.2, 0.25) is 0 Å². The Morgan fingerprint density at radius 2 is 1.89 bits per heavy atom. The lowest BCUT2D eigenvalue weighted by Crippen LogP contribution is -2.10. The topological polar surface area (TPSA) is 47.0 Å². The fraction of sp³-hybridized carbons (Fsp3) is 0.154. The Balaban J connectivity index is 2.16. The molecule has 0 N–H and O–H groups in total. The molecule has 2 aromatic rings. The quantitative estimate of drug-likeness (QED) is 0.868. The molecule has 1 aromatic heterocycles. The van der Waals surface area contributed by atoms with Crippen molar-refractivity contribution in [3.05, 3.63) is 58.8 Å². The van der Waals surface area contributed by atoms with Crippen molar-refractivity contribution in [1.29, 1.82) is 0 Å². The van der Waals surface area contributed by atoms with Crippen molar-refractivity contribution in [1.82, 2.24) is 4.98 Å². The van der Waals surface area contributed by atoms with Gasteiger partial charge in [-0.1, -0.05) is 18.2 Å². The van der Waals surface area contributed by atoms with Crippen molar-refractivity contribution in [2.75, 3.05) is 5.75 Å². The first-order valence-corrected chi connectivity index (χ1v) is 7.90. The van der Waals surface area contributed by atoms with Gasteiger partial charge in [-0.25, -0.2) is 8.42 Å². The van der Waals surface area contributed by atoms with Crippen LogP contribution < -0.4 is 0 Å². The van der Waals surface area contributed by atoms with Crippen molar-refractivity contribution >= 4 is 25.8 Å². The van der Waals surface area contributed by atoms with E-state index in [2.05, 4.69) is 20.9 Å². The van der Waals surface area contributed by atoms with Crippen molar-refractivity contribution < 1.29 is 8.42 Å². The summed E-state index contributed by atoms with van der Waals surface area (Å²) in [5.41, 5.74) is 0.924. The molecule has 0 aliphatic carbocycles. The molecule has 0 aliphatic heterocycles. The van der Waals surface area contributed by atoms with Gasteiger partial charge in [0.2, 0.25) is 0 Å². The van der Waals surface area contributed by atoms with E-state index in [0.29, 0.717) is 15.8 Å². The van der Waals surface area contributed by atoms with Gasteiger partial charge in [-0.3, -0.25) is 4.98 Å². The van der Waals surface area contributed by atoms with Gasteiger partial charge in [0, 0.05) is 16.9 Å². The summed E-state index contributed by atoms with van der Waals surface area (Å²) in [6.07, 6.45) is 3.83. The first-order valence-electron chi connectivity index (χ1n) is 5.46. The van der Waals surface area contributed by atoms with Gasteiger partial charge >= 0.3 is 0 Å². The van der Waals surface area contributed by atoms with Crippen LogP contribution in [-0.4, -0.2) is 19.2 Å². The van der Waals surface area contributed by atoms with Crippen LogP contribution in [0.5, 0.6) is 0 Å². The van der Waals surface area contributed by atoms with Gasteiger partial charge in [0.15, 0.2) is 9.84 Å². The van der Waals surface area contributed by atoms with E-state index in [1.165, 1.54) is 0 Å². The van der Waals surface area contributed by atoms with Gasteiger partial charge < -0.3 is 0 Å². The van der Waals surface area contributed by atoms with Crippen LogP contribution >= 0.6 is 15.9 Å². The molecule has 0 aliphatic rings. The summed E-state index contributed by atoms with van der Waals surface area (Å²) in [7, 11) is -3.26. The van der Waals surface area contributed by atoms with Crippen LogP contribution in [0, 0.1) is 0 Å². The second kappa shape index (κ2) is 5.63. The number of benzene rings is 1. The third-order valence-corrected chi connectivity index (χ3v) is 5.28. The number of nitrogens with zero attached hydrogens (tertiary/aromatic N) is 1. The van der Waals surface area contributed by atoms with Crippen LogP contribution in [0.1, 0.15) is 5.56 Å². The molecule has 0 radical (unpaired) electrons. The van der Waals surface area contributed by atoms with E-state index in [0.717, 1.165) is 5.56 Å². The number of hydrogen-bond acceptors (Lipinski definition) is 3. The molecule has 1 heterocycles. The van der Waals surface area contributed by atoms with Crippen molar-refractivity contribution in [3.8, 4) is 0 Å². The minimum absolute atomic E-state index is 0.0846. The summed E-state index contributed by atoms with van der Waals surface area (Å²) in [5, 5.41) is 0. The summed E-state index contributed by atoms with van der Waals surface area (Å²) in [4.78, 5) is 4.31. The standard InChI is InChI=1S/C13H12BrNO2S/c14-12-5-1-2-6-13(12)18(16,17)9-7-11-4-3-8-15-10-11/h1-6,8,10H,7,9H2. The molecule has 5 heteroatoms. The maximum atomic E-state index is 12.2. The smallest absolute Gasteiger partial charge is 0.179 e. The molecule has 0 bridgehead atoms. The molecule has 2 rings (SSSR count). The van der Waals surface area contributed by atoms with Crippen molar-refractivity contribution in [2.45, 2.75) is 11.3 Å². The molecule has 0 amide bonds. The zero-order chi connectivity index (χ0) is 13.0. The van der Waals surface area contributed by atoms with E-state index in [-0.39, 0.29) is 5.75 Å². The van der Waals surface area contributed by atoms with Gasteiger partial charge in [-0.05, 0) is 46.1 Å². The Morgan fingerprint density at radius 1 is 1.11 bits per heavy atom. The molecule has 0 spiro atoms. The lowest BCUT2D eigenvalue weighted by Gasteiger charge is -2.06. The number of rotatable bonds is 4. The molecular formula is C13H12BrNO2S. The molecule has 0 fully saturated rings. The van der Waals surface area contributed by atoms with Crippen LogP contribution in [-0.2, 0) is 16.3 Å². The Labute approximate surface area is 115 Å². The van der Waals surface area contributed by atoms with Crippen LogP contribution in [0.4, 0.5) is 0 Å². The Morgan fingerprint density at radius 3 is 2.56 bits per heavy atom. The minimum atomic E-state index is -3.26. The number of aryl methyl sites for hydroxylation is 1. The van der Waals surface area contributed by atoms with Gasteiger partial charge in [-0.15, -0.1) is 0 Å². The zero-order valence-electron chi connectivity index (χ0n) is 9.58. The third-order valence-electron chi connectivity index (χ3n) is 2.55. The van der Waals surface area contributed by atoms with Gasteiger partial charge in [0.1, 0.15) is 0 Å². The Bertz CT molecular complexity index is 626. The van der Waals surface area contributed by atoms with Crippen LogP contribution in [0.25, 0.3) is 0 Å². The maximum absolute atomic E-state index is 12.2. The van der Waals surface area contributed by atoms with E-state index in [4.69, 9.17) is 0 Å². The largest absolute Gasteiger partial charge is 0.264 e. The first kappa shape index (κ1) is 13.2. The number of hydrogen-bond donors (Lipinski definition) is 0. The monoisotopic (exact) mass is 325 g/mol. The molecule has 1 aromatic carbocycles. The fourth-order valence-electron chi connectivity index (χ4n) is 1.61. The van der Waals surface area contributed by atoms with Crippen LogP contribution in [0.15, 0.2) is 58.2 Å².